The molecule has 24 heavy (non-hydrogen) atoms. The minimum atomic E-state index is -0.413. The first kappa shape index (κ1) is 17.6. The van der Waals surface area contributed by atoms with Gasteiger partial charge in [0, 0.05) is 38.4 Å². The van der Waals surface area contributed by atoms with Crippen molar-refractivity contribution < 1.29 is 14.2 Å². The zero-order chi connectivity index (χ0) is 16.8. The van der Waals surface area contributed by atoms with Crippen LogP contribution in [0.15, 0.2) is 24.3 Å². The number of hydrogen-bond donors (Lipinski definition) is 1. The molecule has 4 nitrogen and oxygen atoms in total. The van der Waals surface area contributed by atoms with Gasteiger partial charge in [-0.1, -0.05) is 19.3 Å². The molecule has 0 bridgehead atoms. The molecule has 1 aromatic rings. The maximum atomic E-state index is 13.0. The average molecular weight is 336 g/mol. The molecule has 0 aromatic heterocycles. The van der Waals surface area contributed by atoms with Crippen LogP contribution < -0.4 is 4.90 Å². The Labute approximate surface area is 144 Å². The predicted molar refractivity (Wildman–Crippen MR) is 93.9 cm³/mol. The number of anilines is 1. The summed E-state index contributed by atoms with van der Waals surface area (Å²) in [6, 6.07) is 6.68. The second-order valence-corrected chi connectivity index (χ2v) is 7.01. The Morgan fingerprint density at radius 1 is 1.04 bits per heavy atom. The Balaban J connectivity index is 1.36. The van der Waals surface area contributed by atoms with Gasteiger partial charge in [0.05, 0.1) is 18.8 Å². The summed E-state index contributed by atoms with van der Waals surface area (Å²) in [7, 11) is 0. The van der Waals surface area contributed by atoms with E-state index in [4.69, 9.17) is 4.74 Å². The van der Waals surface area contributed by atoms with Gasteiger partial charge in [0.15, 0.2) is 0 Å². The van der Waals surface area contributed by atoms with Crippen molar-refractivity contribution in [1.82, 2.24) is 4.90 Å². The molecular formula is C19H29FN2O2. The number of piperazine rings is 1. The molecule has 0 amide bonds. The Morgan fingerprint density at radius 3 is 2.38 bits per heavy atom. The summed E-state index contributed by atoms with van der Waals surface area (Å²) in [5.41, 5.74) is 1.07. The van der Waals surface area contributed by atoms with E-state index in [0.717, 1.165) is 44.7 Å². The largest absolute Gasteiger partial charge is 0.389 e. The van der Waals surface area contributed by atoms with Gasteiger partial charge in [-0.05, 0) is 37.1 Å². The van der Waals surface area contributed by atoms with Gasteiger partial charge in [-0.15, -0.1) is 0 Å². The summed E-state index contributed by atoms with van der Waals surface area (Å²) in [6.07, 6.45) is 6.05. The van der Waals surface area contributed by atoms with E-state index in [1.165, 1.54) is 31.4 Å². The molecule has 1 saturated carbocycles. The number of aliphatic hydroxyl groups is 1. The van der Waals surface area contributed by atoms with Crippen LogP contribution in [0.4, 0.5) is 10.1 Å². The summed E-state index contributed by atoms with van der Waals surface area (Å²) >= 11 is 0. The Morgan fingerprint density at radius 2 is 1.71 bits per heavy atom. The summed E-state index contributed by atoms with van der Waals surface area (Å²) < 4.78 is 18.9. The number of ether oxygens (including phenoxy) is 1. The molecule has 1 unspecified atom stereocenters. The molecule has 3 rings (SSSR count). The standard InChI is InChI=1S/C19H29FN2O2/c20-16-6-8-17(9-7-16)22-12-10-21(11-13-22)14-18(23)15-24-19-4-2-1-3-5-19/h6-9,18-19,23H,1-5,10-15H2. The fourth-order valence-electron chi connectivity index (χ4n) is 3.67. The van der Waals surface area contributed by atoms with Crippen molar-refractivity contribution in [3.8, 4) is 0 Å². The maximum absolute atomic E-state index is 13.0. The zero-order valence-corrected chi connectivity index (χ0v) is 14.4. The van der Waals surface area contributed by atoms with Crippen molar-refractivity contribution in [3.63, 3.8) is 0 Å². The first-order valence-electron chi connectivity index (χ1n) is 9.23. The minimum Gasteiger partial charge on any atom is -0.389 e. The molecule has 2 fully saturated rings. The molecule has 1 aliphatic heterocycles. The van der Waals surface area contributed by atoms with E-state index in [9.17, 15) is 9.50 Å². The van der Waals surface area contributed by atoms with E-state index >= 15 is 0 Å². The van der Waals surface area contributed by atoms with Crippen LogP contribution in [0.5, 0.6) is 0 Å². The van der Waals surface area contributed by atoms with E-state index < -0.39 is 6.10 Å². The highest BCUT2D eigenvalue weighted by molar-refractivity contribution is 5.46. The van der Waals surface area contributed by atoms with E-state index in [2.05, 4.69) is 9.80 Å². The van der Waals surface area contributed by atoms with Crippen LogP contribution in [0, 0.1) is 5.82 Å². The Bertz CT molecular complexity index is 483. The molecule has 0 spiro atoms. The van der Waals surface area contributed by atoms with Gasteiger partial charge in [0.2, 0.25) is 0 Å². The SMILES string of the molecule is OC(COC1CCCCC1)CN1CCN(c2ccc(F)cc2)CC1. The third-order valence-electron chi connectivity index (χ3n) is 5.11. The van der Waals surface area contributed by atoms with Gasteiger partial charge >= 0.3 is 0 Å². The van der Waals surface area contributed by atoms with Crippen LogP contribution in [0.1, 0.15) is 32.1 Å². The van der Waals surface area contributed by atoms with E-state index in [-0.39, 0.29) is 5.82 Å². The van der Waals surface area contributed by atoms with E-state index in [1.807, 2.05) is 12.1 Å². The molecule has 1 aromatic carbocycles. The third kappa shape index (κ3) is 5.16. The average Bonchev–Trinajstić information content (AvgIpc) is 2.62. The van der Waals surface area contributed by atoms with Crippen LogP contribution in [-0.4, -0.2) is 61.5 Å². The quantitative estimate of drug-likeness (QED) is 0.866. The highest BCUT2D eigenvalue weighted by Crippen LogP contribution is 2.20. The first-order valence-corrected chi connectivity index (χ1v) is 9.23. The van der Waals surface area contributed by atoms with Crippen molar-refractivity contribution in [3.05, 3.63) is 30.1 Å². The molecule has 2 aliphatic rings. The topological polar surface area (TPSA) is 35.9 Å². The number of nitrogens with zero attached hydrogens (tertiary/aromatic N) is 2. The van der Waals surface area contributed by atoms with Gasteiger partial charge in [0.1, 0.15) is 5.82 Å². The molecule has 1 atom stereocenters. The fraction of sp³-hybridized carbons (Fsp3) is 0.684. The van der Waals surface area contributed by atoms with E-state index in [0.29, 0.717) is 19.3 Å². The van der Waals surface area contributed by atoms with Gasteiger partial charge < -0.3 is 14.7 Å². The molecule has 134 valence electrons. The highest BCUT2D eigenvalue weighted by atomic mass is 19.1. The first-order chi connectivity index (χ1) is 11.7. The van der Waals surface area contributed by atoms with Crippen LogP contribution in [-0.2, 0) is 4.74 Å². The van der Waals surface area contributed by atoms with Crippen molar-refractivity contribution in [1.29, 1.82) is 0 Å². The lowest BCUT2D eigenvalue weighted by Crippen LogP contribution is -2.49. The molecule has 1 heterocycles. The van der Waals surface area contributed by atoms with Crippen LogP contribution >= 0.6 is 0 Å². The van der Waals surface area contributed by atoms with Gasteiger partial charge in [-0.2, -0.15) is 0 Å². The summed E-state index contributed by atoms with van der Waals surface area (Å²) in [4.78, 5) is 4.55. The van der Waals surface area contributed by atoms with E-state index in [1.54, 1.807) is 0 Å². The molecular weight excluding hydrogens is 307 g/mol. The highest BCUT2D eigenvalue weighted by Gasteiger charge is 2.21. The summed E-state index contributed by atoms with van der Waals surface area (Å²) in [5.74, 6) is -0.196. The van der Waals surface area contributed by atoms with Crippen molar-refractivity contribution in [2.24, 2.45) is 0 Å². The lowest BCUT2D eigenvalue weighted by atomic mass is 9.98. The van der Waals surface area contributed by atoms with Crippen LogP contribution in [0.25, 0.3) is 0 Å². The second kappa shape index (κ2) is 8.79. The number of β-amino-alcohol motifs (C(OH)–C–C–N with tert-alkyl or cyclic N) is 1. The third-order valence-corrected chi connectivity index (χ3v) is 5.11. The summed E-state index contributed by atoms with van der Waals surface area (Å²) in [5, 5.41) is 10.2. The number of aliphatic hydroxyl groups excluding tert-OH is 1. The molecule has 1 saturated heterocycles. The predicted octanol–water partition coefficient (Wildman–Crippen LogP) is 2.66. The maximum Gasteiger partial charge on any atom is 0.123 e. The van der Waals surface area contributed by atoms with Crippen LogP contribution in [0.2, 0.25) is 0 Å². The van der Waals surface area contributed by atoms with Crippen molar-refractivity contribution in [2.75, 3.05) is 44.2 Å². The molecule has 1 aliphatic carbocycles. The number of benzene rings is 1. The molecule has 5 heteroatoms. The number of halogens is 1. The fourth-order valence-corrected chi connectivity index (χ4v) is 3.67. The monoisotopic (exact) mass is 336 g/mol. The van der Waals surface area contributed by atoms with Gasteiger partial charge in [-0.25, -0.2) is 4.39 Å². The van der Waals surface area contributed by atoms with Crippen molar-refractivity contribution >= 4 is 5.69 Å². The van der Waals surface area contributed by atoms with Gasteiger partial charge in [0.25, 0.3) is 0 Å². The zero-order valence-electron chi connectivity index (χ0n) is 14.4. The Kier molecular flexibility index (Phi) is 6.46. The van der Waals surface area contributed by atoms with Crippen LogP contribution in [0.3, 0.4) is 0 Å². The lowest BCUT2D eigenvalue weighted by Gasteiger charge is -2.37. The normalized spacial score (nSPS) is 21.8. The number of rotatable bonds is 6. The lowest BCUT2D eigenvalue weighted by molar-refractivity contribution is -0.0336. The Hall–Kier alpha value is -1.17. The van der Waals surface area contributed by atoms with Crippen molar-refractivity contribution in [2.45, 2.75) is 44.3 Å². The summed E-state index contributed by atoms with van der Waals surface area (Å²) in [6.45, 7) is 4.76. The smallest absolute Gasteiger partial charge is 0.123 e. The second-order valence-electron chi connectivity index (χ2n) is 7.01. The van der Waals surface area contributed by atoms with Gasteiger partial charge in [-0.3, -0.25) is 4.90 Å². The number of hydrogen-bond acceptors (Lipinski definition) is 4. The molecule has 0 radical (unpaired) electrons. The minimum absolute atomic E-state index is 0.196. The molecule has 1 N–H and O–H groups in total.